The average molecular weight is 431 g/mol. The molecule has 0 spiro atoms. The third-order valence-corrected chi connectivity index (χ3v) is 4.81. The van der Waals surface area contributed by atoms with Crippen molar-refractivity contribution in [2.45, 2.75) is 13.3 Å². The molecule has 160 valence electrons. The number of carbonyl (C=O) groups excluding carboxylic acids is 1. The van der Waals surface area contributed by atoms with Crippen molar-refractivity contribution in [1.29, 1.82) is 0 Å². The van der Waals surface area contributed by atoms with Gasteiger partial charge in [0.2, 0.25) is 11.2 Å². The van der Waals surface area contributed by atoms with Gasteiger partial charge in [-0.1, -0.05) is 31.2 Å². The van der Waals surface area contributed by atoms with Crippen LogP contribution in [0, 0.1) is 10.1 Å². The predicted molar refractivity (Wildman–Crippen MR) is 116 cm³/mol. The second-order valence-electron chi connectivity index (χ2n) is 6.85. The van der Waals surface area contributed by atoms with E-state index in [2.05, 4.69) is 0 Å². The number of para-hydroxylation sites is 1. The number of ether oxygens (including phenoxy) is 2. The number of nitrogens with zero attached hydrogens (tertiary/aromatic N) is 1. The van der Waals surface area contributed by atoms with Gasteiger partial charge in [0.05, 0.1) is 10.3 Å². The van der Waals surface area contributed by atoms with Gasteiger partial charge in [-0.05, 0) is 42.3 Å². The van der Waals surface area contributed by atoms with E-state index in [1.807, 2.05) is 19.1 Å². The van der Waals surface area contributed by atoms with E-state index in [0.717, 1.165) is 12.0 Å². The molecule has 32 heavy (non-hydrogen) atoms. The SMILES string of the molecule is CCc1ccc(Oc2coc3cc(OC(=O)c4ccccc4[N+](=O)[O-])ccc3c2=O)cc1. The van der Waals surface area contributed by atoms with E-state index < -0.39 is 10.9 Å². The number of rotatable bonds is 6. The van der Waals surface area contributed by atoms with Gasteiger partial charge in [-0.15, -0.1) is 0 Å². The first-order valence-electron chi connectivity index (χ1n) is 9.74. The van der Waals surface area contributed by atoms with Gasteiger partial charge in [-0.25, -0.2) is 4.79 Å². The number of hydrogen-bond acceptors (Lipinski definition) is 7. The molecule has 3 aromatic carbocycles. The van der Waals surface area contributed by atoms with Gasteiger partial charge in [-0.2, -0.15) is 0 Å². The Kier molecular flexibility index (Phi) is 5.67. The van der Waals surface area contributed by atoms with E-state index in [0.29, 0.717) is 5.75 Å². The van der Waals surface area contributed by atoms with Gasteiger partial charge >= 0.3 is 5.97 Å². The van der Waals surface area contributed by atoms with Gasteiger partial charge in [0, 0.05) is 12.1 Å². The van der Waals surface area contributed by atoms with Crippen molar-refractivity contribution >= 4 is 22.6 Å². The second-order valence-corrected chi connectivity index (χ2v) is 6.85. The maximum absolute atomic E-state index is 12.8. The summed E-state index contributed by atoms with van der Waals surface area (Å²) in [7, 11) is 0. The molecule has 8 heteroatoms. The Labute approximate surface area is 181 Å². The maximum Gasteiger partial charge on any atom is 0.350 e. The van der Waals surface area contributed by atoms with E-state index in [-0.39, 0.29) is 39.1 Å². The number of hydrogen-bond donors (Lipinski definition) is 0. The topological polar surface area (TPSA) is 109 Å². The summed E-state index contributed by atoms with van der Waals surface area (Å²) in [4.78, 5) is 35.6. The second kappa shape index (κ2) is 8.73. The zero-order valence-corrected chi connectivity index (χ0v) is 16.9. The minimum Gasteiger partial charge on any atom is -0.460 e. The van der Waals surface area contributed by atoms with Crippen LogP contribution in [-0.2, 0) is 6.42 Å². The van der Waals surface area contributed by atoms with Crippen molar-refractivity contribution in [2.24, 2.45) is 0 Å². The number of fused-ring (bicyclic) bond motifs is 1. The highest BCUT2D eigenvalue weighted by Gasteiger charge is 2.21. The average Bonchev–Trinajstić information content (AvgIpc) is 2.81. The van der Waals surface area contributed by atoms with Crippen LogP contribution in [0.2, 0.25) is 0 Å². The minimum atomic E-state index is -0.894. The summed E-state index contributed by atoms with van der Waals surface area (Å²) < 4.78 is 16.4. The molecular weight excluding hydrogens is 414 g/mol. The molecule has 0 aliphatic heterocycles. The molecular formula is C24H17NO7. The van der Waals surface area contributed by atoms with Crippen LogP contribution < -0.4 is 14.9 Å². The molecule has 1 heterocycles. The molecule has 0 amide bonds. The molecule has 0 unspecified atom stereocenters. The number of esters is 1. The molecule has 1 aromatic heterocycles. The van der Waals surface area contributed by atoms with Crippen LogP contribution in [0.3, 0.4) is 0 Å². The van der Waals surface area contributed by atoms with Gasteiger partial charge in [-0.3, -0.25) is 14.9 Å². The standard InChI is InChI=1S/C24H17NO7/c1-2-15-7-9-16(10-8-15)31-22-14-30-21-13-17(11-12-19(21)23(22)26)32-24(27)18-5-3-4-6-20(18)25(28)29/h3-14H,2H2,1H3. The van der Waals surface area contributed by atoms with Crippen molar-refractivity contribution < 1.29 is 23.6 Å². The summed E-state index contributed by atoms with van der Waals surface area (Å²) in [5.74, 6) is -0.294. The lowest BCUT2D eigenvalue weighted by Gasteiger charge is -2.08. The minimum absolute atomic E-state index is 0.0198. The number of carbonyl (C=O) groups is 1. The highest BCUT2D eigenvalue weighted by atomic mass is 16.6. The number of aryl methyl sites for hydroxylation is 1. The van der Waals surface area contributed by atoms with Crippen molar-refractivity contribution in [1.82, 2.24) is 0 Å². The van der Waals surface area contributed by atoms with Crippen molar-refractivity contribution in [3.05, 3.63) is 104 Å². The van der Waals surface area contributed by atoms with Crippen LogP contribution in [-0.4, -0.2) is 10.9 Å². The molecule has 8 nitrogen and oxygen atoms in total. The quantitative estimate of drug-likeness (QED) is 0.177. The Morgan fingerprint density at radius 3 is 2.47 bits per heavy atom. The Morgan fingerprint density at radius 2 is 1.75 bits per heavy atom. The lowest BCUT2D eigenvalue weighted by molar-refractivity contribution is -0.385. The fourth-order valence-electron chi connectivity index (χ4n) is 3.11. The highest BCUT2D eigenvalue weighted by Crippen LogP contribution is 2.26. The van der Waals surface area contributed by atoms with E-state index in [4.69, 9.17) is 13.9 Å². The van der Waals surface area contributed by atoms with Crippen LogP contribution in [0.15, 0.2) is 82.2 Å². The van der Waals surface area contributed by atoms with E-state index in [1.54, 1.807) is 12.1 Å². The molecule has 0 atom stereocenters. The Balaban J connectivity index is 1.58. The summed E-state index contributed by atoms with van der Waals surface area (Å²) in [5.41, 5.74) is 0.389. The van der Waals surface area contributed by atoms with Gasteiger partial charge in [0.15, 0.2) is 0 Å². The van der Waals surface area contributed by atoms with Crippen LogP contribution in [0.5, 0.6) is 17.2 Å². The third-order valence-electron chi connectivity index (χ3n) is 4.81. The number of benzene rings is 3. The van der Waals surface area contributed by atoms with E-state index in [1.165, 1.54) is 48.7 Å². The number of nitro groups is 1. The fraction of sp³-hybridized carbons (Fsp3) is 0.0833. The molecule has 0 aliphatic rings. The van der Waals surface area contributed by atoms with E-state index in [9.17, 15) is 19.7 Å². The zero-order valence-electron chi connectivity index (χ0n) is 16.9. The molecule has 0 fully saturated rings. The van der Waals surface area contributed by atoms with Crippen LogP contribution in [0.1, 0.15) is 22.8 Å². The van der Waals surface area contributed by atoms with Gasteiger partial charge < -0.3 is 13.9 Å². The molecule has 0 aliphatic carbocycles. The molecule has 0 radical (unpaired) electrons. The van der Waals surface area contributed by atoms with Crippen molar-refractivity contribution in [3.63, 3.8) is 0 Å². The van der Waals surface area contributed by atoms with Crippen LogP contribution >= 0.6 is 0 Å². The summed E-state index contributed by atoms with van der Waals surface area (Å²) in [5, 5.41) is 11.4. The first-order valence-corrected chi connectivity index (χ1v) is 9.74. The fourth-order valence-corrected chi connectivity index (χ4v) is 3.11. The van der Waals surface area contributed by atoms with Crippen LogP contribution in [0.25, 0.3) is 11.0 Å². The molecule has 0 saturated heterocycles. The van der Waals surface area contributed by atoms with Gasteiger partial charge in [0.1, 0.15) is 28.9 Å². The van der Waals surface area contributed by atoms with Crippen molar-refractivity contribution in [3.8, 4) is 17.2 Å². The zero-order chi connectivity index (χ0) is 22.7. The van der Waals surface area contributed by atoms with Crippen LogP contribution in [0.4, 0.5) is 5.69 Å². The first kappa shape index (κ1) is 20.8. The van der Waals surface area contributed by atoms with E-state index >= 15 is 0 Å². The summed E-state index contributed by atoms with van der Waals surface area (Å²) >= 11 is 0. The lowest BCUT2D eigenvalue weighted by Crippen LogP contribution is -2.11. The molecule has 0 bridgehead atoms. The monoisotopic (exact) mass is 431 g/mol. The predicted octanol–water partition coefficient (Wildman–Crippen LogP) is 5.28. The molecule has 4 rings (SSSR count). The number of nitro benzene ring substituents is 1. The largest absolute Gasteiger partial charge is 0.460 e. The summed E-state index contributed by atoms with van der Waals surface area (Å²) in [6.07, 6.45) is 2.08. The maximum atomic E-state index is 12.8. The Bertz CT molecular complexity index is 1370. The highest BCUT2D eigenvalue weighted by molar-refractivity contribution is 5.95. The molecule has 0 saturated carbocycles. The first-order chi connectivity index (χ1) is 15.5. The summed E-state index contributed by atoms with van der Waals surface area (Å²) in [6.45, 7) is 2.04. The Hall–Kier alpha value is -4.46. The Morgan fingerprint density at radius 1 is 1.03 bits per heavy atom. The molecule has 0 N–H and O–H groups in total. The smallest absolute Gasteiger partial charge is 0.350 e. The summed E-state index contributed by atoms with van der Waals surface area (Å²) in [6, 6.07) is 17.1. The third kappa shape index (κ3) is 4.20. The van der Waals surface area contributed by atoms with Crippen molar-refractivity contribution in [2.75, 3.05) is 0 Å². The van der Waals surface area contributed by atoms with Gasteiger partial charge in [0.25, 0.3) is 5.69 Å². The molecule has 4 aromatic rings. The lowest BCUT2D eigenvalue weighted by atomic mass is 10.2. The normalized spacial score (nSPS) is 10.7.